The van der Waals surface area contributed by atoms with Crippen LogP contribution in [0.4, 0.5) is 4.79 Å². The van der Waals surface area contributed by atoms with Crippen molar-refractivity contribution < 1.29 is 9.53 Å². The minimum atomic E-state index is -0.393. The Balaban J connectivity index is 1.97. The van der Waals surface area contributed by atoms with E-state index >= 15 is 0 Å². The van der Waals surface area contributed by atoms with Crippen LogP contribution in [0.2, 0.25) is 0 Å². The minimum Gasteiger partial charge on any atom is -0.444 e. The highest BCUT2D eigenvalue weighted by molar-refractivity contribution is 5.69. The molecule has 2 aliphatic rings. The summed E-state index contributed by atoms with van der Waals surface area (Å²) in [6.45, 7) is 9.61. The SMILES string of the molecule is CC1CN(C(=O)OC(C)(C)C)C2CNC12. The van der Waals surface area contributed by atoms with Gasteiger partial charge in [0.2, 0.25) is 0 Å². The van der Waals surface area contributed by atoms with Gasteiger partial charge in [0.1, 0.15) is 5.60 Å². The molecule has 4 heteroatoms. The largest absolute Gasteiger partial charge is 0.444 e. The Hall–Kier alpha value is -0.770. The molecule has 0 spiro atoms. The number of rotatable bonds is 0. The van der Waals surface area contributed by atoms with Crippen molar-refractivity contribution in [1.29, 1.82) is 0 Å². The predicted molar refractivity (Wildman–Crippen MR) is 57.7 cm³/mol. The van der Waals surface area contributed by atoms with E-state index in [2.05, 4.69) is 12.2 Å². The van der Waals surface area contributed by atoms with Crippen molar-refractivity contribution in [2.24, 2.45) is 5.92 Å². The summed E-state index contributed by atoms with van der Waals surface area (Å²) >= 11 is 0. The maximum atomic E-state index is 11.9. The maximum absolute atomic E-state index is 11.9. The second-order valence-corrected chi connectivity index (χ2v) is 5.61. The lowest BCUT2D eigenvalue weighted by Crippen LogP contribution is -2.61. The molecule has 2 aliphatic heterocycles. The van der Waals surface area contributed by atoms with Gasteiger partial charge in [-0.3, -0.25) is 0 Å². The molecule has 0 aromatic carbocycles. The van der Waals surface area contributed by atoms with Crippen molar-refractivity contribution in [2.45, 2.75) is 45.4 Å². The molecule has 0 aromatic rings. The van der Waals surface area contributed by atoms with E-state index < -0.39 is 5.60 Å². The van der Waals surface area contributed by atoms with Gasteiger partial charge in [0.15, 0.2) is 0 Å². The Bertz CT molecular complexity index is 272. The molecule has 2 fully saturated rings. The molecule has 3 atom stereocenters. The number of likely N-dealkylation sites (tertiary alicyclic amines) is 1. The van der Waals surface area contributed by atoms with Crippen LogP contribution in [0.15, 0.2) is 0 Å². The van der Waals surface area contributed by atoms with Gasteiger partial charge in [-0.2, -0.15) is 0 Å². The zero-order valence-corrected chi connectivity index (χ0v) is 9.91. The van der Waals surface area contributed by atoms with Crippen LogP contribution in [0.1, 0.15) is 27.7 Å². The van der Waals surface area contributed by atoms with E-state index in [9.17, 15) is 4.79 Å². The minimum absolute atomic E-state index is 0.164. The van der Waals surface area contributed by atoms with Gasteiger partial charge in [-0.25, -0.2) is 4.79 Å². The van der Waals surface area contributed by atoms with Crippen molar-refractivity contribution in [3.05, 3.63) is 0 Å². The summed E-state index contributed by atoms with van der Waals surface area (Å²) < 4.78 is 5.38. The van der Waals surface area contributed by atoms with E-state index in [1.807, 2.05) is 25.7 Å². The molecule has 0 bridgehead atoms. The summed E-state index contributed by atoms with van der Waals surface area (Å²) in [6, 6.07) is 0.840. The van der Waals surface area contributed by atoms with Gasteiger partial charge in [-0.1, -0.05) is 6.92 Å². The monoisotopic (exact) mass is 212 g/mol. The summed E-state index contributed by atoms with van der Waals surface area (Å²) in [7, 11) is 0. The molecule has 0 radical (unpaired) electrons. The number of hydrogen-bond acceptors (Lipinski definition) is 3. The number of ether oxygens (including phenoxy) is 1. The first-order valence-corrected chi connectivity index (χ1v) is 5.61. The molecule has 86 valence electrons. The highest BCUT2D eigenvalue weighted by Gasteiger charge is 2.48. The lowest BCUT2D eigenvalue weighted by Gasteiger charge is -2.38. The van der Waals surface area contributed by atoms with Crippen LogP contribution in [0.25, 0.3) is 0 Å². The third kappa shape index (κ3) is 1.95. The van der Waals surface area contributed by atoms with Crippen LogP contribution in [-0.4, -0.2) is 41.8 Å². The fourth-order valence-electron chi connectivity index (χ4n) is 2.33. The molecule has 4 nitrogen and oxygen atoms in total. The van der Waals surface area contributed by atoms with E-state index in [0.29, 0.717) is 18.0 Å². The van der Waals surface area contributed by atoms with Gasteiger partial charge in [0, 0.05) is 19.1 Å². The number of carbonyl (C=O) groups excluding carboxylic acids is 1. The van der Waals surface area contributed by atoms with Gasteiger partial charge in [-0.15, -0.1) is 0 Å². The molecule has 2 rings (SSSR count). The van der Waals surface area contributed by atoms with E-state index in [1.54, 1.807) is 0 Å². The van der Waals surface area contributed by atoms with Crippen LogP contribution in [0.3, 0.4) is 0 Å². The highest BCUT2D eigenvalue weighted by atomic mass is 16.6. The zero-order valence-electron chi connectivity index (χ0n) is 9.91. The number of nitrogens with zero attached hydrogens (tertiary/aromatic N) is 1. The normalized spacial score (nSPS) is 34.7. The fraction of sp³-hybridized carbons (Fsp3) is 0.909. The molecule has 0 saturated carbocycles. The van der Waals surface area contributed by atoms with Gasteiger partial charge < -0.3 is 15.0 Å². The Morgan fingerprint density at radius 1 is 1.47 bits per heavy atom. The van der Waals surface area contributed by atoms with Gasteiger partial charge >= 0.3 is 6.09 Å². The standard InChI is InChI=1S/C11H20N2O2/c1-7-6-13(8-5-12-9(7)8)10(14)15-11(2,3)4/h7-9,12H,5-6H2,1-4H3. The highest BCUT2D eigenvalue weighted by Crippen LogP contribution is 2.30. The molecule has 1 N–H and O–H groups in total. The van der Waals surface area contributed by atoms with Gasteiger partial charge in [-0.05, 0) is 26.7 Å². The molecular weight excluding hydrogens is 192 g/mol. The molecule has 2 saturated heterocycles. The lowest BCUT2D eigenvalue weighted by molar-refractivity contribution is 0.0171. The predicted octanol–water partition coefficient (Wildman–Crippen LogP) is 1.21. The van der Waals surface area contributed by atoms with Crippen molar-refractivity contribution in [3.8, 4) is 0 Å². The summed E-state index contributed by atoms with van der Waals surface area (Å²) in [5.74, 6) is 0.538. The van der Waals surface area contributed by atoms with Gasteiger partial charge in [0.25, 0.3) is 0 Å². The van der Waals surface area contributed by atoms with Crippen LogP contribution >= 0.6 is 0 Å². The Kier molecular flexibility index (Phi) is 2.41. The number of hydrogen-bond donors (Lipinski definition) is 1. The van der Waals surface area contributed by atoms with Gasteiger partial charge in [0.05, 0.1) is 6.04 Å². The van der Waals surface area contributed by atoms with E-state index in [-0.39, 0.29) is 6.09 Å². The topological polar surface area (TPSA) is 41.6 Å². The summed E-state index contributed by atoms with van der Waals surface area (Å²) in [4.78, 5) is 13.7. The summed E-state index contributed by atoms with van der Waals surface area (Å²) in [5, 5.41) is 3.36. The van der Waals surface area contributed by atoms with Crippen LogP contribution in [0.5, 0.6) is 0 Å². The number of amides is 1. The quantitative estimate of drug-likeness (QED) is 0.656. The average molecular weight is 212 g/mol. The third-order valence-corrected chi connectivity index (χ3v) is 3.10. The number of nitrogens with one attached hydrogen (secondary N) is 1. The smallest absolute Gasteiger partial charge is 0.410 e. The van der Waals surface area contributed by atoms with Crippen LogP contribution in [-0.2, 0) is 4.74 Å². The van der Waals surface area contributed by atoms with Crippen LogP contribution < -0.4 is 5.32 Å². The Morgan fingerprint density at radius 2 is 2.13 bits per heavy atom. The second kappa shape index (κ2) is 3.37. The number of fused-ring (bicyclic) bond motifs is 1. The molecule has 0 aliphatic carbocycles. The first kappa shape index (κ1) is 10.7. The van der Waals surface area contributed by atoms with E-state index in [4.69, 9.17) is 4.74 Å². The molecule has 1 amide bonds. The van der Waals surface area contributed by atoms with Crippen molar-refractivity contribution >= 4 is 6.09 Å². The molecule has 15 heavy (non-hydrogen) atoms. The summed E-state index contributed by atoms with van der Waals surface area (Å²) in [5.41, 5.74) is -0.393. The zero-order chi connectivity index (χ0) is 11.2. The number of carbonyl (C=O) groups is 1. The average Bonchev–Trinajstić information content (AvgIpc) is 2.17. The molecule has 2 heterocycles. The maximum Gasteiger partial charge on any atom is 0.410 e. The third-order valence-electron chi connectivity index (χ3n) is 3.10. The van der Waals surface area contributed by atoms with E-state index in [0.717, 1.165) is 13.1 Å². The molecular formula is C11H20N2O2. The van der Waals surface area contributed by atoms with Crippen LogP contribution in [0, 0.1) is 5.92 Å². The fourth-order valence-corrected chi connectivity index (χ4v) is 2.33. The first-order chi connectivity index (χ1) is 6.88. The molecule has 0 aromatic heterocycles. The molecule has 3 unspecified atom stereocenters. The lowest BCUT2D eigenvalue weighted by atomic mass is 9.94. The van der Waals surface area contributed by atoms with Crippen molar-refractivity contribution in [2.75, 3.05) is 13.1 Å². The summed E-state index contributed by atoms with van der Waals surface area (Å²) in [6.07, 6.45) is -0.164. The van der Waals surface area contributed by atoms with E-state index in [1.165, 1.54) is 0 Å². The second-order valence-electron chi connectivity index (χ2n) is 5.61. The Labute approximate surface area is 91.0 Å². The Morgan fingerprint density at radius 3 is 2.53 bits per heavy atom. The van der Waals surface area contributed by atoms with Crippen molar-refractivity contribution in [3.63, 3.8) is 0 Å². The first-order valence-electron chi connectivity index (χ1n) is 5.61. The van der Waals surface area contributed by atoms with Crippen molar-refractivity contribution in [1.82, 2.24) is 10.2 Å².